The molecule has 0 atom stereocenters. The molecule has 0 fully saturated rings. The Hall–Kier alpha value is -2.21. The fourth-order valence-electron chi connectivity index (χ4n) is 2.19. The summed E-state index contributed by atoms with van der Waals surface area (Å²) in [5.74, 6) is 0.716. The normalized spacial score (nSPS) is 11.1. The highest BCUT2D eigenvalue weighted by Gasteiger charge is 2.21. The number of benzene rings is 2. The Morgan fingerprint density at radius 1 is 1.04 bits per heavy atom. The van der Waals surface area contributed by atoms with E-state index < -0.39 is 10.0 Å². The average Bonchev–Trinajstić information content (AvgIpc) is 2.56. The Balaban J connectivity index is 2.47. The summed E-state index contributed by atoms with van der Waals surface area (Å²) in [6.07, 6.45) is 0.831. The van der Waals surface area contributed by atoms with Crippen LogP contribution in [0, 0.1) is 6.92 Å². The number of rotatable bonds is 6. The predicted octanol–water partition coefficient (Wildman–Crippen LogP) is 3.38. The summed E-state index contributed by atoms with van der Waals surface area (Å²) >= 11 is 0. The average molecular weight is 335 g/mol. The lowest BCUT2D eigenvalue weighted by Crippen LogP contribution is -2.15. The molecular formula is C17H21NO4S. The molecule has 0 aliphatic heterocycles. The van der Waals surface area contributed by atoms with E-state index in [4.69, 9.17) is 9.47 Å². The van der Waals surface area contributed by atoms with Crippen molar-refractivity contribution in [2.75, 3.05) is 18.9 Å². The van der Waals surface area contributed by atoms with Gasteiger partial charge in [-0.25, -0.2) is 8.42 Å². The molecule has 124 valence electrons. The van der Waals surface area contributed by atoms with Crippen LogP contribution in [0.1, 0.15) is 18.1 Å². The van der Waals surface area contributed by atoms with Crippen molar-refractivity contribution in [2.24, 2.45) is 0 Å². The Kier molecular flexibility index (Phi) is 5.15. The van der Waals surface area contributed by atoms with Crippen LogP contribution in [0.5, 0.6) is 11.5 Å². The van der Waals surface area contributed by atoms with Gasteiger partial charge in [0.15, 0.2) is 0 Å². The van der Waals surface area contributed by atoms with Crippen LogP contribution in [0.15, 0.2) is 41.3 Å². The second-order valence-corrected chi connectivity index (χ2v) is 6.78. The van der Waals surface area contributed by atoms with Crippen molar-refractivity contribution < 1.29 is 17.9 Å². The van der Waals surface area contributed by atoms with Crippen LogP contribution in [0.2, 0.25) is 0 Å². The maximum absolute atomic E-state index is 12.8. The van der Waals surface area contributed by atoms with Crippen molar-refractivity contribution >= 4 is 15.7 Å². The van der Waals surface area contributed by atoms with Crippen LogP contribution in [0.4, 0.5) is 5.69 Å². The van der Waals surface area contributed by atoms with E-state index in [2.05, 4.69) is 4.72 Å². The zero-order valence-electron chi connectivity index (χ0n) is 13.7. The first-order chi connectivity index (χ1) is 10.9. The minimum absolute atomic E-state index is 0.0423. The molecule has 6 heteroatoms. The van der Waals surface area contributed by atoms with Gasteiger partial charge in [-0.15, -0.1) is 0 Å². The third-order valence-corrected chi connectivity index (χ3v) is 5.00. The second kappa shape index (κ2) is 6.91. The summed E-state index contributed by atoms with van der Waals surface area (Å²) in [5.41, 5.74) is 2.48. The molecule has 0 bridgehead atoms. The quantitative estimate of drug-likeness (QED) is 0.879. The maximum atomic E-state index is 12.8. The number of hydrogen-bond donors (Lipinski definition) is 1. The van der Waals surface area contributed by atoms with Crippen LogP contribution >= 0.6 is 0 Å². The number of aryl methyl sites for hydroxylation is 2. The molecule has 0 spiro atoms. The Morgan fingerprint density at radius 3 is 2.39 bits per heavy atom. The van der Waals surface area contributed by atoms with Gasteiger partial charge in [0.1, 0.15) is 16.4 Å². The van der Waals surface area contributed by atoms with E-state index in [1.807, 2.05) is 32.0 Å². The highest BCUT2D eigenvalue weighted by atomic mass is 32.2. The molecule has 2 aromatic carbocycles. The van der Waals surface area contributed by atoms with Gasteiger partial charge >= 0.3 is 0 Å². The van der Waals surface area contributed by atoms with Crippen molar-refractivity contribution in [1.29, 1.82) is 0 Å². The zero-order valence-corrected chi connectivity index (χ0v) is 14.5. The number of ether oxygens (including phenoxy) is 2. The van der Waals surface area contributed by atoms with Gasteiger partial charge in [0.2, 0.25) is 0 Å². The van der Waals surface area contributed by atoms with Crippen LogP contribution in [0.3, 0.4) is 0 Å². The SMILES string of the molecule is CCc1ccc(C)c(NS(=O)(=O)c2cc(OC)ccc2OC)c1. The highest BCUT2D eigenvalue weighted by molar-refractivity contribution is 7.92. The second-order valence-electron chi connectivity index (χ2n) is 5.13. The minimum atomic E-state index is -3.79. The molecule has 2 rings (SSSR count). The van der Waals surface area contributed by atoms with Crippen LogP contribution in [-0.4, -0.2) is 22.6 Å². The van der Waals surface area contributed by atoms with E-state index in [-0.39, 0.29) is 10.6 Å². The molecule has 0 amide bonds. The van der Waals surface area contributed by atoms with E-state index >= 15 is 0 Å². The van der Waals surface area contributed by atoms with Crippen molar-refractivity contribution in [3.8, 4) is 11.5 Å². The summed E-state index contributed by atoms with van der Waals surface area (Å²) in [4.78, 5) is 0.0423. The molecule has 0 aliphatic rings. The van der Waals surface area contributed by atoms with Crippen molar-refractivity contribution in [1.82, 2.24) is 0 Å². The summed E-state index contributed by atoms with van der Waals surface area (Å²) in [7, 11) is -0.870. The number of anilines is 1. The van der Waals surface area contributed by atoms with E-state index in [1.165, 1.54) is 20.3 Å². The number of methoxy groups -OCH3 is 2. The van der Waals surface area contributed by atoms with Crippen molar-refractivity contribution in [3.63, 3.8) is 0 Å². The van der Waals surface area contributed by atoms with Crippen molar-refractivity contribution in [2.45, 2.75) is 25.2 Å². The first kappa shape index (κ1) is 17.1. The number of sulfonamides is 1. The molecule has 0 unspecified atom stereocenters. The molecule has 1 N–H and O–H groups in total. The molecule has 2 aromatic rings. The Labute approximate surface area is 137 Å². The van der Waals surface area contributed by atoms with Gasteiger partial charge in [-0.2, -0.15) is 0 Å². The Morgan fingerprint density at radius 2 is 1.78 bits per heavy atom. The fourth-order valence-corrected chi connectivity index (χ4v) is 3.50. The zero-order chi connectivity index (χ0) is 17.0. The standard InChI is InChI=1S/C17H21NO4S/c1-5-13-7-6-12(2)15(10-13)18-23(19,20)17-11-14(21-3)8-9-16(17)22-4/h6-11,18H,5H2,1-4H3. The van der Waals surface area contributed by atoms with Gasteiger partial charge in [0.05, 0.1) is 19.9 Å². The molecule has 0 saturated heterocycles. The van der Waals surface area contributed by atoms with Gasteiger partial charge in [0, 0.05) is 6.07 Å². The molecule has 5 nitrogen and oxygen atoms in total. The van der Waals surface area contributed by atoms with Gasteiger partial charge in [-0.05, 0) is 42.7 Å². The molecule has 0 saturated carbocycles. The molecule has 0 heterocycles. The topological polar surface area (TPSA) is 64.6 Å². The van der Waals surface area contributed by atoms with Gasteiger partial charge < -0.3 is 9.47 Å². The largest absolute Gasteiger partial charge is 0.497 e. The lowest BCUT2D eigenvalue weighted by atomic mass is 10.1. The molecule has 0 aliphatic carbocycles. The maximum Gasteiger partial charge on any atom is 0.265 e. The fraction of sp³-hybridized carbons (Fsp3) is 0.294. The first-order valence-electron chi connectivity index (χ1n) is 7.25. The van der Waals surface area contributed by atoms with E-state index in [0.29, 0.717) is 11.4 Å². The van der Waals surface area contributed by atoms with E-state index in [0.717, 1.165) is 17.5 Å². The Bertz CT molecular complexity index is 800. The van der Waals surface area contributed by atoms with Crippen LogP contribution in [0.25, 0.3) is 0 Å². The molecule has 0 aromatic heterocycles. The van der Waals surface area contributed by atoms with Gasteiger partial charge in [0.25, 0.3) is 10.0 Å². The third kappa shape index (κ3) is 3.76. The smallest absolute Gasteiger partial charge is 0.265 e. The van der Waals surface area contributed by atoms with Gasteiger partial charge in [-0.1, -0.05) is 19.1 Å². The summed E-state index contributed by atoms with van der Waals surface area (Å²) in [5, 5.41) is 0. The van der Waals surface area contributed by atoms with Crippen LogP contribution < -0.4 is 14.2 Å². The number of hydrogen-bond acceptors (Lipinski definition) is 4. The first-order valence-corrected chi connectivity index (χ1v) is 8.74. The summed E-state index contributed by atoms with van der Waals surface area (Å²) in [6.45, 7) is 3.88. The monoisotopic (exact) mass is 335 g/mol. The molecular weight excluding hydrogens is 314 g/mol. The highest BCUT2D eigenvalue weighted by Crippen LogP contribution is 2.30. The van der Waals surface area contributed by atoms with Gasteiger partial charge in [-0.3, -0.25) is 4.72 Å². The minimum Gasteiger partial charge on any atom is -0.497 e. The summed E-state index contributed by atoms with van der Waals surface area (Å²) in [6, 6.07) is 10.4. The lowest BCUT2D eigenvalue weighted by Gasteiger charge is -2.15. The van der Waals surface area contributed by atoms with E-state index in [1.54, 1.807) is 12.1 Å². The van der Waals surface area contributed by atoms with Crippen LogP contribution in [-0.2, 0) is 16.4 Å². The third-order valence-electron chi connectivity index (χ3n) is 3.61. The number of nitrogens with one attached hydrogen (secondary N) is 1. The van der Waals surface area contributed by atoms with Crippen molar-refractivity contribution in [3.05, 3.63) is 47.5 Å². The predicted molar refractivity (Wildman–Crippen MR) is 90.9 cm³/mol. The van der Waals surface area contributed by atoms with E-state index in [9.17, 15) is 8.42 Å². The molecule has 0 radical (unpaired) electrons. The lowest BCUT2D eigenvalue weighted by molar-refractivity contribution is 0.392. The summed E-state index contributed by atoms with van der Waals surface area (Å²) < 4.78 is 38.4. The molecule has 23 heavy (non-hydrogen) atoms.